The van der Waals surface area contributed by atoms with Crippen LogP contribution in [0.5, 0.6) is 5.75 Å². The first-order valence-corrected chi connectivity index (χ1v) is 9.11. The summed E-state index contributed by atoms with van der Waals surface area (Å²) in [7, 11) is 3.37. The third-order valence-electron chi connectivity index (χ3n) is 4.05. The second-order valence-electron chi connectivity index (χ2n) is 6.02. The van der Waals surface area contributed by atoms with Crippen molar-refractivity contribution in [2.45, 2.75) is 19.4 Å². The Morgan fingerprint density at radius 1 is 1.04 bits per heavy atom. The molecule has 0 fully saturated rings. The van der Waals surface area contributed by atoms with E-state index < -0.39 is 0 Å². The molecule has 0 unspecified atom stereocenters. The smallest absolute Gasteiger partial charge is 0.190 e. The Kier molecular flexibility index (Phi) is 9.13. The van der Waals surface area contributed by atoms with Crippen LogP contribution in [0.3, 0.4) is 0 Å². The Morgan fingerprint density at radius 2 is 1.78 bits per heavy atom. The molecule has 0 bridgehead atoms. The average Bonchev–Trinajstić information content (AvgIpc) is 2.71. The Labute approximate surface area is 160 Å². The molecule has 2 N–H and O–H groups in total. The lowest BCUT2D eigenvalue weighted by Gasteiger charge is -2.12. The van der Waals surface area contributed by atoms with Crippen molar-refractivity contribution >= 4 is 5.96 Å². The van der Waals surface area contributed by atoms with Gasteiger partial charge in [-0.1, -0.05) is 30.3 Å². The van der Waals surface area contributed by atoms with Gasteiger partial charge in [-0.05, 0) is 42.2 Å². The van der Waals surface area contributed by atoms with Crippen molar-refractivity contribution in [3.63, 3.8) is 0 Å². The minimum Gasteiger partial charge on any atom is -0.497 e. The number of nitrogens with zero attached hydrogens (tertiary/aromatic N) is 1. The van der Waals surface area contributed by atoms with E-state index in [9.17, 15) is 4.39 Å². The maximum absolute atomic E-state index is 13.6. The molecular formula is C21H28FN3O2. The topological polar surface area (TPSA) is 54.9 Å². The van der Waals surface area contributed by atoms with Crippen LogP contribution >= 0.6 is 0 Å². The van der Waals surface area contributed by atoms with E-state index in [-0.39, 0.29) is 5.82 Å². The maximum Gasteiger partial charge on any atom is 0.190 e. The van der Waals surface area contributed by atoms with Gasteiger partial charge in [-0.15, -0.1) is 0 Å². The summed E-state index contributed by atoms with van der Waals surface area (Å²) in [5.74, 6) is 1.38. The first-order valence-electron chi connectivity index (χ1n) is 9.11. The highest BCUT2D eigenvalue weighted by Gasteiger charge is 2.02. The molecule has 2 rings (SSSR count). The van der Waals surface area contributed by atoms with Crippen LogP contribution in [0.4, 0.5) is 4.39 Å². The number of hydrogen-bond donors (Lipinski definition) is 2. The largest absolute Gasteiger partial charge is 0.497 e. The van der Waals surface area contributed by atoms with E-state index >= 15 is 0 Å². The summed E-state index contributed by atoms with van der Waals surface area (Å²) in [6.07, 6.45) is 1.47. The fourth-order valence-corrected chi connectivity index (χ4v) is 2.53. The number of aliphatic imine (C=N–C) groups is 1. The summed E-state index contributed by atoms with van der Waals surface area (Å²) in [5.41, 5.74) is 1.82. The molecule has 0 saturated heterocycles. The molecule has 0 heterocycles. The Bertz CT molecular complexity index is 705. The Hall–Kier alpha value is -2.60. The quantitative estimate of drug-likeness (QED) is 0.382. The highest BCUT2D eigenvalue weighted by atomic mass is 19.1. The van der Waals surface area contributed by atoms with Crippen LogP contribution in [-0.2, 0) is 17.8 Å². The van der Waals surface area contributed by atoms with Gasteiger partial charge in [-0.3, -0.25) is 4.99 Å². The molecule has 0 saturated carbocycles. The Morgan fingerprint density at radius 3 is 2.48 bits per heavy atom. The molecule has 27 heavy (non-hydrogen) atoms. The summed E-state index contributed by atoms with van der Waals surface area (Å²) in [6.45, 7) is 2.61. The van der Waals surface area contributed by atoms with Crippen molar-refractivity contribution in [2.24, 2.45) is 4.99 Å². The van der Waals surface area contributed by atoms with Crippen molar-refractivity contribution in [1.29, 1.82) is 0 Å². The van der Waals surface area contributed by atoms with Gasteiger partial charge in [0.15, 0.2) is 5.96 Å². The van der Waals surface area contributed by atoms with Crippen LogP contribution in [-0.4, -0.2) is 39.8 Å². The number of nitrogens with one attached hydrogen (secondary N) is 2. The zero-order valence-corrected chi connectivity index (χ0v) is 16.0. The van der Waals surface area contributed by atoms with E-state index in [0.717, 1.165) is 24.3 Å². The second-order valence-corrected chi connectivity index (χ2v) is 6.02. The van der Waals surface area contributed by atoms with E-state index in [1.165, 1.54) is 6.07 Å². The lowest BCUT2D eigenvalue weighted by molar-refractivity contribution is 0.119. The molecule has 0 amide bonds. The number of guanidine groups is 1. The maximum atomic E-state index is 13.6. The van der Waals surface area contributed by atoms with Gasteiger partial charge < -0.3 is 20.1 Å². The van der Waals surface area contributed by atoms with Crippen molar-refractivity contribution in [2.75, 3.05) is 33.9 Å². The van der Waals surface area contributed by atoms with Gasteiger partial charge in [0, 0.05) is 26.7 Å². The van der Waals surface area contributed by atoms with E-state index in [1.54, 1.807) is 26.3 Å². The van der Waals surface area contributed by atoms with Crippen molar-refractivity contribution in [3.8, 4) is 5.75 Å². The van der Waals surface area contributed by atoms with Gasteiger partial charge in [-0.2, -0.15) is 0 Å². The lowest BCUT2D eigenvalue weighted by atomic mass is 10.1. The minimum atomic E-state index is -0.170. The van der Waals surface area contributed by atoms with Gasteiger partial charge in [0.05, 0.1) is 13.7 Å². The number of rotatable bonds is 10. The van der Waals surface area contributed by atoms with Crippen molar-refractivity contribution in [1.82, 2.24) is 10.6 Å². The molecule has 0 aliphatic heterocycles. The molecule has 2 aromatic rings. The molecule has 146 valence electrons. The normalized spacial score (nSPS) is 11.3. The third-order valence-corrected chi connectivity index (χ3v) is 4.05. The summed E-state index contributed by atoms with van der Waals surface area (Å²) >= 11 is 0. The number of hydrogen-bond acceptors (Lipinski definition) is 3. The fourth-order valence-electron chi connectivity index (χ4n) is 2.53. The van der Waals surface area contributed by atoms with Crippen LogP contribution in [0.15, 0.2) is 53.5 Å². The predicted molar refractivity (Wildman–Crippen MR) is 107 cm³/mol. The molecule has 0 aliphatic carbocycles. The first kappa shape index (κ1) is 20.7. The monoisotopic (exact) mass is 373 g/mol. The summed E-state index contributed by atoms with van der Waals surface area (Å²) in [4.78, 5) is 4.17. The zero-order valence-electron chi connectivity index (χ0n) is 16.0. The molecule has 2 aromatic carbocycles. The highest BCUT2D eigenvalue weighted by Crippen LogP contribution is 2.11. The Balaban J connectivity index is 1.56. The fraction of sp³-hybridized carbons (Fsp3) is 0.381. The first-order chi connectivity index (χ1) is 13.2. The van der Waals surface area contributed by atoms with Gasteiger partial charge in [0.1, 0.15) is 11.6 Å². The van der Waals surface area contributed by atoms with Crippen molar-refractivity contribution < 1.29 is 13.9 Å². The van der Waals surface area contributed by atoms with Gasteiger partial charge in [0.25, 0.3) is 0 Å². The lowest BCUT2D eigenvalue weighted by Crippen LogP contribution is -2.39. The van der Waals surface area contributed by atoms with Crippen LogP contribution in [0.25, 0.3) is 0 Å². The third kappa shape index (κ3) is 7.66. The molecule has 0 aliphatic rings. The highest BCUT2D eigenvalue weighted by molar-refractivity contribution is 5.79. The standard InChI is InChI=1S/C21H28FN3O2/c1-23-21(25-14-12-18-6-3-4-7-20(18)22)24-13-5-15-27-16-17-8-10-19(26-2)11-9-17/h3-4,6-11H,5,12-16H2,1-2H3,(H2,23,24,25). The zero-order chi connectivity index (χ0) is 19.3. The molecule has 0 spiro atoms. The predicted octanol–water partition coefficient (Wildman–Crippen LogP) is 3.15. The molecule has 6 heteroatoms. The molecule has 0 radical (unpaired) electrons. The van der Waals surface area contributed by atoms with E-state index in [0.29, 0.717) is 37.7 Å². The van der Waals surface area contributed by atoms with Crippen LogP contribution < -0.4 is 15.4 Å². The number of halogens is 1. The van der Waals surface area contributed by atoms with Crippen molar-refractivity contribution in [3.05, 3.63) is 65.5 Å². The number of ether oxygens (including phenoxy) is 2. The van der Waals surface area contributed by atoms with E-state index in [2.05, 4.69) is 15.6 Å². The molecule has 0 aromatic heterocycles. The molecular weight excluding hydrogens is 345 g/mol. The summed E-state index contributed by atoms with van der Waals surface area (Å²) in [6, 6.07) is 14.7. The van der Waals surface area contributed by atoms with Gasteiger partial charge in [0.2, 0.25) is 0 Å². The van der Waals surface area contributed by atoms with Gasteiger partial charge in [-0.25, -0.2) is 4.39 Å². The second kappa shape index (κ2) is 11.9. The number of benzene rings is 2. The van der Waals surface area contributed by atoms with Crippen LogP contribution in [0.2, 0.25) is 0 Å². The number of methoxy groups -OCH3 is 1. The molecule has 0 atom stereocenters. The van der Waals surface area contributed by atoms with E-state index in [1.807, 2.05) is 30.3 Å². The van der Waals surface area contributed by atoms with Gasteiger partial charge >= 0.3 is 0 Å². The molecule has 5 nitrogen and oxygen atoms in total. The minimum absolute atomic E-state index is 0.170. The summed E-state index contributed by atoms with van der Waals surface area (Å²) < 4.78 is 24.4. The van der Waals surface area contributed by atoms with Crippen LogP contribution in [0, 0.1) is 5.82 Å². The SMILES string of the molecule is CN=C(NCCCOCc1ccc(OC)cc1)NCCc1ccccc1F. The van der Waals surface area contributed by atoms with E-state index in [4.69, 9.17) is 9.47 Å². The summed E-state index contributed by atoms with van der Waals surface area (Å²) in [5, 5.41) is 6.42. The average molecular weight is 373 g/mol. The van der Waals surface area contributed by atoms with Crippen LogP contribution in [0.1, 0.15) is 17.5 Å².